The minimum absolute atomic E-state index is 0.121. The molecule has 1 aromatic rings. The Balaban J connectivity index is 1.65. The summed E-state index contributed by atoms with van der Waals surface area (Å²) in [5, 5.41) is 18.7. The van der Waals surface area contributed by atoms with Crippen LogP contribution in [0.5, 0.6) is 0 Å². The van der Waals surface area contributed by atoms with Crippen LogP contribution < -0.4 is 0 Å². The molecule has 1 aliphatic carbocycles. The molecule has 126 valence electrons. The van der Waals surface area contributed by atoms with Gasteiger partial charge in [-0.05, 0) is 43.6 Å². The number of hydrogen-bond acceptors (Lipinski definition) is 3. The lowest BCUT2D eigenvalue weighted by atomic mass is 10.0. The van der Waals surface area contributed by atoms with Crippen molar-refractivity contribution >= 4 is 5.97 Å². The van der Waals surface area contributed by atoms with Crippen LogP contribution in [0.4, 0.5) is 0 Å². The molecule has 4 heteroatoms. The fraction of sp³-hybridized carbons (Fsp3) is 0.526. The van der Waals surface area contributed by atoms with Crippen LogP contribution in [0.2, 0.25) is 0 Å². The molecule has 1 fully saturated rings. The minimum Gasteiger partial charge on any atom is -0.481 e. The summed E-state index contributed by atoms with van der Waals surface area (Å²) in [6.07, 6.45) is 7.98. The number of unbranched alkanes of at least 4 members (excludes halogenated alkanes) is 1. The monoisotopic (exact) mass is 318 g/mol. The van der Waals surface area contributed by atoms with Crippen LogP contribution >= 0.6 is 0 Å². The number of carbonyl (C=O) groups is 1. The van der Waals surface area contributed by atoms with Gasteiger partial charge in [0.15, 0.2) is 0 Å². The van der Waals surface area contributed by atoms with Gasteiger partial charge in [-0.3, -0.25) is 4.79 Å². The zero-order chi connectivity index (χ0) is 16.5. The molecule has 0 radical (unpaired) electrons. The molecule has 1 aromatic carbocycles. The molecule has 0 heterocycles. The smallest absolute Gasteiger partial charge is 0.303 e. The SMILES string of the molecule is O=C(O)CCCC=CC[C@H]1C[C@@H](OCc2ccccc2)C[C@H]1O. The summed E-state index contributed by atoms with van der Waals surface area (Å²) in [4.78, 5) is 10.4. The van der Waals surface area contributed by atoms with Gasteiger partial charge >= 0.3 is 5.97 Å². The summed E-state index contributed by atoms with van der Waals surface area (Å²) in [5.74, 6) is -0.505. The highest BCUT2D eigenvalue weighted by Crippen LogP contribution is 2.31. The molecule has 0 spiro atoms. The molecule has 1 aliphatic rings. The second-order valence-corrected chi connectivity index (χ2v) is 6.21. The van der Waals surface area contributed by atoms with Crippen molar-refractivity contribution in [3.63, 3.8) is 0 Å². The van der Waals surface area contributed by atoms with Gasteiger partial charge in [-0.2, -0.15) is 0 Å². The summed E-state index contributed by atoms with van der Waals surface area (Å²) in [6.45, 7) is 0.593. The van der Waals surface area contributed by atoms with E-state index >= 15 is 0 Å². The number of benzene rings is 1. The first kappa shape index (κ1) is 17.7. The number of allylic oxidation sites excluding steroid dienone is 2. The molecule has 0 amide bonds. The van der Waals surface area contributed by atoms with Crippen molar-refractivity contribution in [2.75, 3.05) is 0 Å². The fourth-order valence-electron chi connectivity index (χ4n) is 2.99. The highest BCUT2D eigenvalue weighted by atomic mass is 16.5. The molecule has 0 saturated heterocycles. The first-order chi connectivity index (χ1) is 11.1. The Bertz CT molecular complexity index is 497. The Hall–Kier alpha value is -1.65. The quantitative estimate of drug-likeness (QED) is 0.540. The van der Waals surface area contributed by atoms with Gasteiger partial charge in [0.25, 0.3) is 0 Å². The number of aliphatic hydroxyl groups excluding tert-OH is 1. The van der Waals surface area contributed by atoms with E-state index in [1.165, 1.54) is 0 Å². The summed E-state index contributed by atoms with van der Waals surface area (Å²) in [7, 11) is 0. The predicted molar refractivity (Wildman–Crippen MR) is 89.0 cm³/mol. The maximum absolute atomic E-state index is 10.4. The van der Waals surface area contributed by atoms with E-state index in [0.717, 1.165) is 24.8 Å². The lowest BCUT2D eigenvalue weighted by Crippen LogP contribution is -2.12. The lowest BCUT2D eigenvalue weighted by Gasteiger charge is -2.12. The fourth-order valence-corrected chi connectivity index (χ4v) is 2.99. The predicted octanol–water partition coefficient (Wildman–Crippen LogP) is 3.54. The van der Waals surface area contributed by atoms with Crippen LogP contribution in [0.3, 0.4) is 0 Å². The Kier molecular flexibility index (Phi) is 7.30. The Morgan fingerprint density at radius 2 is 2.00 bits per heavy atom. The van der Waals surface area contributed by atoms with Crippen LogP contribution in [-0.2, 0) is 16.1 Å². The van der Waals surface area contributed by atoms with Crippen molar-refractivity contribution in [2.45, 2.75) is 57.3 Å². The average Bonchev–Trinajstić information content (AvgIpc) is 2.89. The molecule has 3 atom stereocenters. The molecule has 1 saturated carbocycles. The maximum Gasteiger partial charge on any atom is 0.303 e. The van der Waals surface area contributed by atoms with Crippen molar-refractivity contribution in [3.05, 3.63) is 48.0 Å². The molecular weight excluding hydrogens is 292 g/mol. The first-order valence-electron chi connectivity index (χ1n) is 8.35. The first-order valence-corrected chi connectivity index (χ1v) is 8.35. The van der Waals surface area contributed by atoms with Crippen molar-refractivity contribution in [2.24, 2.45) is 5.92 Å². The number of hydrogen-bond donors (Lipinski definition) is 2. The average molecular weight is 318 g/mol. The van der Waals surface area contributed by atoms with Crippen LogP contribution in [0, 0.1) is 5.92 Å². The van der Waals surface area contributed by atoms with Crippen molar-refractivity contribution in [1.82, 2.24) is 0 Å². The van der Waals surface area contributed by atoms with Gasteiger partial charge in [0.2, 0.25) is 0 Å². The molecule has 2 rings (SSSR count). The molecule has 0 bridgehead atoms. The number of rotatable bonds is 9. The van der Waals surface area contributed by atoms with Crippen LogP contribution in [0.15, 0.2) is 42.5 Å². The van der Waals surface area contributed by atoms with Gasteiger partial charge in [-0.15, -0.1) is 0 Å². The van der Waals surface area contributed by atoms with Crippen LogP contribution in [-0.4, -0.2) is 28.4 Å². The second kappa shape index (κ2) is 9.48. The summed E-state index contributed by atoms with van der Waals surface area (Å²) in [5.41, 5.74) is 1.16. The molecule has 23 heavy (non-hydrogen) atoms. The van der Waals surface area contributed by atoms with Crippen LogP contribution in [0.25, 0.3) is 0 Å². The summed E-state index contributed by atoms with van der Waals surface area (Å²) in [6, 6.07) is 10.1. The van der Waals surface area contributed by atoms with Crippen LogP contribution in [0.1, 0.15) is 44.1 Å². The van der Waals surface area contributed by atoms with Crippen molar-refractivity contribution in [1.29, 1.82) is 0 Å². The van der Waals surface area contributed by atoms with Crippen molar-refractivity contribution < 1.29 is 19.7 Å². The lowest BCUT2D eigenvalue weighted by molar-refractivity contribution is -0.137. The highest BCUT2D eigenvalue weighted by Gasteiger charge is 2.32. The van der Waals surface area contributed by atoms with E-state index < -0.39 is 5.97 Å². The largest absolute Gasteiger partial charge is 0.481 e. The third-order valence-electron chi connectivity index (χ3n) is 4.31. The summed E-state index contributed by atoms with van der Waals surface area (Å²) < 4.78 is 5.91. The van der Waals surface area contributed by atoms with Gasteiger partial charge < -0.3 is 14.9 Å². The number of aliphatic hydroxyl groups is 1. The standard InChI is InChI=1S/C19H26O4/c20-18-13-17(23-14-15-8-4-3-5-9-15)12-16(18)10-6-1-2-7-11-19(21)22/h1,3-6,8-9,16-18,20H,2,7,10-14H2,(H,21,22)/t16-,17+,18+/m0/s1. The summed E-state index contributed by atoms with van der Waals surface area (Å²) >= 11 is 0. The third kappa shape index (κ3) is 6.55. The van der Waals surface area contributed by atoms with Gasteiger partial charge in [0.05, 0.1) is 18.8 Å². The zero-order valence-corrected chi connectivity index (χ0v) is 13.4. The third-order valence-corrected chi connectivity index (χ3v) is 4.31. The maximum atomic E-state index is 10.4. The number of ether oxygens (including phenoxy) is 1. The van der Waals surface area contributed by atoms with E-state index in [-0.39, 0.29) is 24.5 Å². The van der Waals surface area contributed by atoms with Crippen molar-refractivity contribution in [3.8, 4) is 0 Å². The Labute approximate surface area is 137 Å². The second-order valence-electron chi connectivity index (χ2n) is 6.21. The Morgan fingerprint density at radius 3 is 2.74 bits per heavy atom. The number of aliphatic carboxylic acids is 1. The minimum atomic E-state index is -0.747. The molecular formula is C19H26O4. The van der Waals surface area contributed by atoms with E-state index in [9.17, 15) is 9.90 Å². The Morgan fingerprint density at radius 1 is 1.22 bits per heavy atom. The van der Waals surface area contributed by atoms with Gasteiger partial charge in [-0.25, -0.2) is 0 Å². The van der Waals surface area contributed by atoms with E-state index in [4.69, 9.17) is 9.84 Å². The molecule has 4 nitrogen and oxygen atoms in total. The molecule has 2 N–H and O–H groups in total. The number of carboxylic acids is 1. The molecule has 0 aliphatic heterocycles. The van der Waals surface area contributed by atoms with Gasteiger partial charge in [0.1, 0.15) is 0 Å². The highest BCUT2D eigenvalue weighted by molar-refractivity contribution is 5.66. The van der Waals surface area contributed by atoms with E-state index in [1.807, 2.05) is 36.4 Å². The van der Waals surface area contributed by atoms with E-state index in [1.54, 1.807) is 0 Å². The van der Waals surface area contributed by atoms with Gasteiger partial charge in [0, 0.05) is 6.42 Å². The van der Waals surface area contributed by atoms with E-state index in [2.05, 4.69) is 6.08 Å². The molecule has 0 unspecified atom stereocenters. The zero-order valence-electron chi connectivity index (χ0n) is 13.4. The van der Waals surface area contributed by atoms with Gasteiger partial charge in [-0.1, -0.05) is 42.5 Å². The normalized spacial score (nSPS) is 24.3. The number of carboxylic acid groups (broad SMARTS) is 1. The topological polar surface area (TPSA) is 66.8 Å². The van der Waals surface area contributed by atoms with E-state index in [0.29, 0.717) is 19.4 Å². The molecule has 0 aromatic heterocycles.